The summed E-state index contributed by atoms with van der Waals surface area (Å²) in [6, 6.07) is 20.9. The minimum atomic E-state index is -0.421. The summed E-state index contributed by atoms with van der Waals surface area (Å²) in [7, 11) is 4.96. The Morgan fingerprint density at radius 1 is 0.889 bits per heavy atom. The summed E-state index contributed by atoms with van der Waals surface area (Å²) in [5, 5.41) is 6.00. The number of hydrogen-bond donors (Lipinski definition) is 2. The maximum atomic E-state index is 13.5. The number of aromatic nitrogens is 1. The first-order valence-corrected chi connectivity index (χ1v) is 11.7. The van der Waals surface area contributed by atoms with Crippen molar-refractivity contribution >= 4 is 17.3 Å². The van der Waals surface area contributed by atoms with Gasteiger partial charge in [0.2, 0.25) is 5.89 Å². The standard InChI is InChI=1S/C29H31N3O4/c1-29(2,3)20-11-7-19(8-12-20)28-32-25(26(36-28)18-9-13-21(30-4)14-10-18)27(33)31-23-17-22(34-5)15-16-24(23)35-6/h7-17,30H,1-6H3,(H,31,33). The highest BCUT2D eigenvalue weighted by Gasteiger charge is 2.24. The maximum Gasteiger partial charge on any atom is 0.278 e. The second-order valence-electron chi connectivity index (χ2n) is 9.37. The van der Waals surface area contributed by atoms with E-state index in [-0.39, 0.29) is 11.1 Å². The van der Waals surface area contributed by atoms with E-state index in [2.05, 4.69) is 48.5 Å². The quantitative estimate of drug-likeness (QED) is 0.306. The second-order valence-corrected chi connectivity index (χ2v) is 9.37. The van der Waals surface area contributed by atoms with E-state index >= 15 is 0 Å². The Morgan fingerprint density at radius 3 is 2.14 bits per heavy atom. The van der Waals surface area contributed by atoms with Gasteiger partial charge in [0, 0.05) is 29.9 Å². The van der Waals surface area contributed by atoms with Crippen LogP contribution in [0, 0.1) is 0 Å². The van der Waals surface area contributed by atoms with Gasteiger partial charge in [-0.1, -0.05) is 32.9 Å². The molecule has 7 heteroatoms. The summed E-state index contributed by atoms with van der Waals surface area (Å²) in [5.41, 5.74) is 4.34. The summed E-state index contributed by atoms with van der Waals surface area (Å²) < 4.78 is 16.9. The van der Waals surface area contributed by atoms with Crippen LogP contribution in [0.1, 0.15) is 36.8 Å². The Bertz CT molecular complexity index is 1350. The minimum absolute atomic E-state index is 0.0240. The number of carbonyl (C=O) groups is 1. The summed E-state index contributed by atoms with van der Waals surface area (Å²) in [6.45, 7) is 6.49. The molecule has 0 aliphatic heterocycles. The molecular weight excluding hydrogens is 454 g/mol. The first-order chi connectivity index (χ1) is 17.2. The van der Waals surface area contributed by atoms with Crippen molar-refractivity contribution in [3.63, 3.8) is 0 Å². The fraction of sp³-hybridized carbons (Fsp3) is 0.241. The molecule has 7 nitrogen and oxygen atoms in total. The zero-order valence-electron chi connectivity index (χ0n) is 21.4. The SMILES string of the molecule is CNc1ccc(-c2oc(-c3ccc(C(C)(C)C)cc3)nc2C(=O)Nc2cc(OC)ccc2OC)cc1. The van der Waals surface area contributed by atoms with E-state index in [0.29, 0.717) is 28.8 Å². The van der Waals surface area contributed by atoms with Gasteiger partial charge in [0.05, 0.1) is 19.9 Å². The first-order valence-electron chi connectivity index (χ1n) is 11.7. The summed E-state index contributed by atoms with van der Waals surface area (Å²) in [5.74, 6) is 1.42. The Balaban J connectivity index is 1.76. The van der Waals surface area contributed by atoms with Crippen LogP contribution in [-0.4, -0.2) is 32.2 Å². The molecule has 0 bridgehead atoms. The van der Waals surface area contributed by atoms with Crippen LogP contribution in [0.15, 0.2) is 71.1 Å². The van der Waals surface area contributed by atoms with Crippen LogP contribution in [0.4, 0.5) is 11.4 Å². The lowest BCUT2D eigenvalue weighted by molar-refractivity contribution is 0.102. The van der Waals surface area contributed by atoms with Gasteiger partial charge in [-0.3, -0.25) is 4.79 Å². The zero-order valence-corrected chi connectivity index (χ0v) is 21.4. The Hall–Kier alpha value is -4.26. The van der Waals surface area contributed by atoms with Crippen LogP contribution in [0.3, 0.4) is 0 Å². The lowest BCUT2D eigenvalue weighted by Crippen LogP contribution is -2.14. The highest BCUT2D eigenvalue weighted by molar-refractivity contribution is 6.07. The van der Waals surface area contributed by atoms with E-state index in [1.165, 1.54) is 5.56 Å². The van der Waals surface area contributed by atoms with E-state index in [1.54, 1.807) is 32.4 Å². The van der Waals surface area contributed by atoms with Crippen LogP contribution in [0.25, 0.3) is 22.8 Å². The molecule has 1 aromatic heterocycles. The van der Waals surface area contributed by atoms with Crippen molar-refractivity contribution in [3.8, 4) is 34.3 Å². The summed E-state index contributed by atoms with van der Waals surface area (Å²) in [6.07, 6.45) is 0. The molecule has 36 heavy (non-hydrogen) atoms. The highest BCUT2D eigenvalue weighted by atomic mass is 16.5. The lowest BCUT2D eigenvalue weighted by atomic mass is 9.87. The zero-order chi connectivity index (χ0) is 25.9. The van der Waals surface area contributed by atoms with E-state index in [1.807, 2.05) is 43.4 Å². The van der Waals surface area contributed by atoms with Gasteiger partial charge in [-0.05, 0) is 59.5 Å². The maximum absolute atomic E-state index is 13.5. The normalized spacial score (nSPS) is 11.2. The van der Waals surface area contributed by atoms with Crippen molar-refractivity contribution in [2.24, 2.45) is 0 Å². The Kier molecular flexibility index (Phi) is 7.01. The summed E-state index contributed by atoms with van der Waals surface area (Å²) in [4.78, 5) is 18.1. The van der Waals surface area contributed by atoms with Crippen LogP contribution in [0.2, 0.25) is 0 Å². The van der Waals surface area contributed by atoms with Gasteiger partial charge in [0.25, 0.3) is 5.91 Å². The number of methoxy groups -OCH3 is 2. The van der Waals surface area contributed by atoms with Gasteiger partial charge < -0.3 is 24.5 Å². The van der Waals surface area contributed by atoms with Crippen LogP contribution < -0.4 is 20.1 Å². The van der Waals surface area contributed by atoms with Gasteiger partial charge in [0.1, 0.15) is 11.5 Å². The fourth-order valence-electron chi connectivity index (χ4n) is 3.79. The highest BCUT2D eigenvalue weighted by Crippen LogP contribution is 2.34. The first kappa shape index (κ1) is 24.9. The predicted octanol–water partition coefficient (Wildman–Crippen LogP) is 6.62. The molecule has 4 aromatic rings. The average Bonchev–Trinajstić information content (AvgIpc) is 3.34. The molecule has 0 radical (unpaired) electrons. The predicted molar refractivity (Wildman–Crippen MR) is 143 cm³/mol. The Labute approximate surface area is 211 Å². The van der Waals surface area contributed by atoms with Gasteiger partial charge in [-0.2, -0.15) is 0 Å². The largest absolute Gasteiger partial charge is 0.497 e. The third-order valence-corrected chi connectivity index (χ3v) is 5.93. The van der Waals surface area contributed by atoms with Crippen LogP contribution >= 0.6 is 0 Å². The van der Waals surface area contributed by atoms with E-state index in [4.69, 9.17) is 13.9 Å². The molecule has 0 saturated heterocycles. The van der Waals surface area contributed by atoms with E-state index in [9.17, 15) is 4.79 Å². The molecule has 0 spiro atoms. The number of hydrogen-bond acceptors (Lipinski definition) is 6. The van der Waals surface area contributed by atoms with Crippen molar-refractivity contribution in [1.82, 2.24) is 4.98 Å². The number of amides is 1. The van der Waals surface area contributed by atoms with Crippen molar-refractivity contribution in [1.29, 1.82) is 0 Å². The van der Waals surface area contributed by atoms with E-state index in [0.717, 1.165) is 16.8 Å². The molecule has 0 atom stereocenters. The van der Waals surface area contributed by atoms with Gasteiger partial charge in [-0.15, -0.1) is 0 Å². The second kappa shape index (κ2) is 10.2. The third-order valence-electron chi connectivity index (χ3n) is 5.93. The van der Waals surface area contributed by atoms with Crippen LogP contribution in [0.5, 0.6) is 11.5 Å². The third kappa shape index (κ3) is 5.20. The van der Waals surface area contributed by atoms with Crippen molar-refractivity contribution in [3.05, 3.63) is 78.0 Å². The summed E-state index contributed by atoms with van der Waals surface area (Å²) >= 11 is 0. The molecule has 0 unspecified atom stereocenters. The number of nitrogens with zero attached hydrogens (tertiary/aromatic N) is 1. The molecule has 0 aliphatic carbocycles. The number of nitrogens with one attached hydrogen (secondary N) is 2. The average molecular weight is 486 g/mol. The number of anilines is 2. The van der Waals surface area contributed by atoms with Gasteiger partial charge >= 0.3 is 0 Å². The topological polar surface area (TPSA) is 85.6 Å². The molecule has 0 aliphatic rings. The monoisotopic (exact) mass is 485 g/mol. The van der Waals surface area contributed by atoms with Crippen molar-refractivity contribution < 1.29 is 18.7 Å². The van der Waals surface area contributed by atoms with Crippen molar-refractivity contribution in [2.75, 3.05) is 31.9 Å². The molecule has 1 amide bonds. The smallest absolute Gasteiger partial charge is 0.278 e. The molecule has 3 aromatic carbocycles. The molecule has 186 valence electrons. The molecule has 2 N–H and O–H groups in total. The minimum Gasteiger partial charge on any atom is -0.497 e. The molecular formula is C29H31N3O4. The number of carbonyl (C=O) groups excluding carboxylic acids is 1. The fourth-order valence-corrected chi connectivity index (χ4v) is 3.79. The van der Waals surface area contributed by atoms with Gasteiger partial charge in [-0.25, -0.2) is 4.98 Å². The lowest BCUT2D eigenvalue weighted by Gasteiger charge is -2.18. The van der Waals surface area contributed by atoms with Crippen molar-refractivity contribution in [2.45, 2.75) is 26.2 Å². The van der Waals surface area contributed by atoms with Gasteiger partial charge in [0.15, 0.2) is 11.5 Å². The number of rotatable bonds is 7. The molecule has 1 heterocycles. The molecule has 0 saturated carbocycles. The molecule has 4 rings (SSSR count). The Morgan fingerprint density at radius 2 is 1.56 bits per heavy atom. The van der Waals surface area contributed by atoms with E-state index < -0.39 is 5.91 Å². The number of ether oxygens (including phenoxy) is 2. The number of oxazole rings is 1. The molecule has 0 fully saturated rings. The van der Waals surface area contributed by atoms with Crippen LogP contribution in [-0.2, 0) is 5.41 Å². The number of benzene rings is 3.